The van der Waals surface area contributed by atoms with Crippen molar-refractivity contribution in [2.24, 2.45) is 0 Å². The van der Waals surface area contributed by atoms with E-state index < -0.39 is 0 Å². The van der Waals surface area contributed by atoms with Crippen molar-refractivity contribution in [3.05, 3.63) is 16.1 Å². The monoisotopic (exact) mass is 169 g/mol. The minimum atomic E-state index is -0.196. The van der Waals surface area contributed by atoms with Crippen molar-refractivity contribution in [3.63, 3.8) is 0 Å². The zero-order valence-electron chi connectivity index (χ0n) is 6.03. The Labute approximate surface area is 68.1 Å². The Bertz CT molecular complexity index is 280. The summed E-state index contributed by atoms with van der Waals surface area (Å²) in [6.07, 6.45) is 0.534. The zero-order chi connectivity index (χ0) is 8.27. The topological polar surface area (TPSA) is 47.0 Å². The van der Waals surface area contributed by atoms with Gasteiger partial charge in [-0.05, 0) is 6.92 Å². The van der Waals surface area contributed by atoms with Crippen LogP contribution in [0.2, 0.25) is 0 Å². The lowest BCUT2D eigenvalue weighted by atomic mass is 10.3. The predicted octanol–water partition coefficient (Wildman–Crippen LogP) is 1.22. The van der Waals surface area contributed by atoms with E-state index in [4.69, 9.17) is 0 Å². The SMILES string of the molecule is Cc1csc(C(=O)CC=O)n1. The Balaban J connectivity index is 2.76. The zero-order valence-corrected chi connectivity index (χ0v) is 6.85. The molecule has 0 N–H and O–H groups in total. The molecule has 0 atom stereocenters. The minimum absolute atomic E-state index is 0.0625. The molecule has 0 amide bonds. The Morgan fingerprint density at radius 3 is 3.00 bits per heavy atom. The fourth-order valence-electron chi connectivity index (χ4n) is 0.645. The Kier molecular flexibility index (Phi) is 2.48. The summed E-state index contributed by atoms with van der Waals surface area (Å²) >= 11 is 1.28. The number of aryl methyl sites for hydroxylation is 1. The minimum Gasteiger partial charge on any atom is -0.303 e. The largest absolute Gasteiger partial charge is 0.303 e. The van der Waals surface area contributed by atoms with E-state index in [-0.39, 0.29) is 12.2 Å². The summed E-state index contributed by atoms with van der Waals surface area (Å²) in [6.45, 7) is 1.81. The molecular weight excluding hydrogens is 162 g/mol. The summed E-state index contributed by atoms with van der Waals surface area (Å²) in [5.74, 6) is -0.196. The lowest BCUT2D eigenvalue weighted by molar-refractivity contribution is -0.107. The number of aromatic nitrogens is 1. The molecule has 0 bridgehead atoms. The van der Waals surface area contributed by atoms with E-state index in [1.54, 1.807) is 5.38 Å². The van der Waals surface area contributed by atoms with E-state index in [1.807, 2.05) is 6.92 Å². The molecule has 1 aromatic heterocycles. The smallest absolute Gasteiger partial charge is 0.198 e. The van der Waals surface area contributed by atoms with Gasteiger partial charge in [0.25, 0.3) is 0 Å². The average molecular weight is 169 g/mol. The summed E-state index contributed by atoms with van der Waals surface area (Å²) in [5, 5.41) is 2.22. The Morgan fingerprint density at radius 1 is 1.82 bits per heavy atom. The van der Waals surface area contributed by atoms with Gasteiger partial charge in [-0.2, -0.15) is 0 Å². The third kappa shape index (κ3) is 1.94. The first-order valence-electron chi connectivity index (χ1n) is 3.13. The fraction of sp³-hybridized carbons (Fsp3) is 0.286. The lowest BCUT2D eigenvalue weighted by Crippen LogP contribution is -1.98. The second kappa shape index (κ2) is 3.39. The number of carbonyl (C=O) groups is 2. The van der Waals surface area contributed by atoms with Crippen LogP contribution in [0.5, 0.6) is 0 Å². The van der Waals surface area contributed by atoms with Crippen LogP contribution in [0.3, 0.4) is 0 Å². The van der Waals surface area contributed by atoms with Gasteiger partial charge in [0, 0.05) is 11.1 Å². The van der Waals surface area contributed by atoms with Gasteiger partial charge in [0.2, 0.25) is 0 Å². The van der Waals surface area contributed by atoms with Crippen LogP contribution in [0.15, 0.2) is 5.38 Å². The molecule has 0 aliphatic rings. The molecule has 0 aliphatic heterocycles. The van der Waals surface area contributed by atoms with Gasteiger partial charge < -0.3 is 4.79 Å². The number of ketones is 1. The van der Waals surface area contributed by atoms with E-state index in [9.17, 15) is 9.59 Å². The van der Waals surface area contributed by atoms with Gasteiger partial charge in [-0.1, -0.05) is 0 Å². The van der Waals surface area contributed by atoms with Crippen molar-refractivity contribution in [2.45, 2.75) is 13.3 Å². The molecule has 0 saturated carbocycles. The molecule has 0 spiro atoms. The van der Waals surface area contributed by atoms with Crippen molar-refractivity contribution in [1.29, 1.82) is 0 Å². The van der Waals surface area contributed by atoms with Gasteiger partial charge in [0.15, 0.2) is 10.8 Å². The van der Waals surface area contributed by atoms with Crippen molar-refractivity contribution < 1.29 is 9.59 Å². The van der Waals surface area contributed by atoms with Gasteiger partial charge in [-0.15, -0.1) is 11.3 Å². The highest BCUT2D eigenvalue weighted by molar-refractivity contribution is 7.11. The highest BCUT2D eigenvalue weighted by Crippen LogP contribution is 2.09. The molecular formula is C7H7NO2S. The summed E-state index contributed by atoms with van der Waals surface area (Å²) < 4.78 is 0. The second-order valence-electron chi connectivity index (χ2n) is 2.09. The highest BCUT2D eigenvalue weighted by atomic mass is 32.1. The number of rotatable bonds is 3. The van der Waals surface area contributed by atoms with Crippen LogP contribution in [0.1, 0.15) is 21.9 Å². The predicted molar refractivity (Wildman–Crippen MR) is 41.9 cm³/mol. The molecule has 1 rings (SSSR count). The van der Waals surface area contributed by atoms with Gasteiger partial charge in [-0.3, -0.25) is 4.79 Å². The lowest BCUT2D eigenvalue weighted by Gasteiger charge is -1.85. The van der Waals surface area contributed by atoms with Crippen LogP contribution in [-0.2, 0) is 4.79 Å². The van der Waals surface area contributed by atoms with Crippen LogP contribution in [0, 0.1) is 6.92 Å². The number of aldehydes is 1. The normalized spacial score (nSPS) is 9.55. The first-order valence-corrected chi connectivity index (χ1v) is 4.01. The molecule has 0 saturated heterocycles. The molecule has 3 nitrogen and oxygen atoms in total. The number of Topliss-reactive ketones (excluding diaryl/α,β-unsaturated/α-hetero) is 1. The fourth-order valence-corrected chi connectivity index (χ4v) is 1.39. The van der Waals surface area contributed by atoms with Gasteiger partial charge in [0.05, 0.1) is 6.42 Å². The quantitative estimate of drug-likeness (QED) is 0.388. The van der Waals surface area contributed by atoms with E-state index in [0.717, 1.165) is 5.69 Å². The number of carbonyl (C=O) groups excluding carboxylic acids is 2. The summed E-state index contributed by atoms with van der Waals surface area (Å²) in [4.78, 5) is 24.9. The molecule has 0 unspecified atom stereocenters. The molecule has 0 fully saturated rings. The standard InChI is InChI=1S/C7H7NO2S/c1-5-4-11-7(8-5)6(10)2-3-9/h3-4H,2H2,1H3. The molecule has 4 heteroatoms. The van der Waals surface area contributed by atoms with Gasteiger partial charge in [-0.25, -0.2) is 4.98 Å². The van der Waals surface area contributed by atoms with Crippen molar-refractivity contribution >= 4 is 23.4 Å². The second-order valence-corrected chi connectivity index (χ2v) is 2.95. The summed E-state index contributed by atoms with van der Waals surface area (Å²) in [5.41, 5.74) is 0.823. The molecule has 0 aromatic carbocycles. The number of hydrogen-bond donors (Lipinski definition) is 0. The summed E-state index contributed by atoms with van der Waals surface area (Å²) in [7, 11) is 0. The van der Waals surface area contributed by atoms with Crippen molar-refractivity contribution in [3.8, 4) is 0 Å². The maximum atomic E-state index is 11.0. The van der Waals surface area contributed by atoms with Crippen molar-refractivity contribution in [1.82, 2.24) is 4.98 Å². The molecule has 0 aliphatic carbocycles. The summed E-state index contributed by atoms with van der Waals surface area (Å²) in [6, 6.07) is 0. The Morgan fingerprint density at radius 2 is 2.55 bits per heavy atom. The third-order valence-electron chi connectivity index (χ3n) is 1.13. The number of thiazole rings is 1. The molecule has 1 heterocycles. The molecule has 58 valence electrons. The molecule has 1 aromatic rings. The van der Waals surface area contributed by atoms with E-state index in [2.05, 4.69) is 4.98 Å². The van der Waals surface area contributed by atoms with E-state index in [0.29, 0.717) is 11.3 Å². The van der Waals surface area contributed by atoms with E-state index in [1.165, 1.54) is 11.3 Å². The van der Waals surface area contributed by atoms with Gasteiger partial charge in [0.1, 0.15) is 6.29 Å². The van der Waals surface area contributed by atoms with Crippen LogP contribution >= 0.6 is 11.3 Å². The van der Waals surface area contributed by atoms with E-state index >= 15 is 0 Å². The maximum Gasteiger partial charge on any atom is 0.198 e. The first-order chi connectivity index (χ1) is 5.24. The van der Waals surface area contributed by atoms with Crippen LogP contribution in [0.4, 0.5) is 0 Å². The molecule has 0 radical (unpaired) electrons. The Hall–Kier alpha value is -1.03. The van der Waals surface area contributed by atoms with Crippen molar-refractivity contribution in [2.75, 3.05) is 0 Å². The number of hydrogen-bond acceptors (Lipinski definition) is 4. The van der Waals surface area contributed by atoms with Gasteiger partial charge >= 0.3 is 0 Å². The third-order valence-corrected chi connectivity index (χ3v) is 2.13. The average Bonchev–Trinajstić information content (AvgIpc) is 2.36. The number of nitrogens with zero attached hydrogens (tertiary/aromatic N) is 1. The van der Waals surface area contributed by atoms with Crippen LogP contribution in [0.25, 0.3) is 0 Å². The molecule has 11 heavy (non-hydrogen) atoms. The van der Waals surface area contributed by atoms with Crippen LogP contribution < -0.4 is 0 Å². The highest BCUT2D eigenvalue weighted by Gasteiger charge is 2.07. The maximum absolute atomic E-state index is 11.0. The van der Waals surface area contributed by atoms with Crippen LogP contribution in [-0.4, -0.2) is 17.1 Å². The first kappa shape index (κ1) is 8.07.